The number of benzene rings is 1. The van der Waals surface area contributed by atoms with Crippen molar-refractivity contribution < 1.29 is 9.15 Å². The quantitative estimate of drug-likeness (QED) is 0.850. The Kier molecular flexibility index (Phi) is 3.22. The van der Waals surface area contributed by atoms with Crippen molar-refractivity contribution in [3.8, 4) is 17.0 Å². The summed E-state index contributed by atoms with van der Waals surface area (Å²) in [6.07, 6.45) is 2.30. The number of ether oxygens (including phenoxy) is 1. The van der Waals surface area contributed by atoms with E-state index in [9.17, 15) is 0 Å². The van der Waals surface area contributed by atoms with Crippen LogP contribution in [0.5, 0.6) is 5.75 Å². The monoisotopic (exact) mass is 218 g/mol. The van der Waals surface area contributed by atoms with Gasteiger partial charge >= 0.3 is 0 Å². The smallest absolute Gasteiger partial charge is 0.195 e. The van der Waals surface area contributed by atoms with Gasteiger partial charge in [0, 0.05) is 18.5 Å². The molecule has 0 saturated carbocycles. The molecule has 0 aliphatic carbocycles. The predicted molar refractivity (Wildman–Crippen MR) is 61.2 cm³/mol. The first kappa shape index (κ1) is 10.7. The lowest BCUT2D eigenvalue weighted by atomic mass is 10.1. The van der Waals surface area contributed by atoms with E-state index in [4.69, 9.17) is 14.9 Å². The molecule has 1 heterocycles. The van der Waals surface area contributed by atoms with Crippen molar-refractivity contribution in [3.05, 3.63) is 36.4 Å². The van der Waals surface area contributed by atoms with Crippen LogP contribution >= 0.6 is 0 Å². The number of rotatable bonds is 4. The highest BCUT2D eigenvalue weighted by molar-refractivity contribution is 5.60. The predicted octanol–water partition coefficient (Wildman–Crippen LogP) is 1.85. The molecule has 2 rings (SSSR count). The number of methoxy groups -OCH3 is 1. The maximum atomic E-state index is 5.43. The van der Waals surface area contributed by atoms with Gasteiger partial charge < -0.3 is 14.9 Å². The fourth-order valence-corrected chi connectivity index (χ4v) is 1.46. The van der Waals surface area contributed by atoms with Crippen molar-refractivity contribution in [1.82, 2.24) is 4.98 Å². The lowest BCUT2D eigenvalue weighted by Gasteiger charge is -2.00. The minimum absolute atomic E-state index is 0.540. The van der Waals surface area contributed by atoms with E-state index >= 15 is 0 Å². The van der Waals surface area contributed by atoms with Crippen LogP contribution in [0.25, 0.3) is 11.3 Å². The molecule has 84 valence electrons. The third-order valence-corrected chi connectivity index (χ3v) is 2.28. The number of nitrogens with zero attached hydrogens (tertiary/aromatic N) is 1. The number of nitrogens with two attached hydrogens (primary N) is 1. The van der Waals surface area contributed by atoms with E-state index in [-0.39, 0.29) is 0 Å². The summed E-state index contributed by atoms with van der Waals surface area (Å²) in [6.45, 7) is 0.540. The van der Waals surface area contributed by atoms with Gasteiger partial charge in [-0.3, -0.25) is 0 Å². The van der Waals surface area contributed by atoms with E-state index < -0.39 is 0 Å². The van der Waals surface area contributed by atoms with Crippen LogP contribution in [0.1, 0.15) is 5.89 Å². The molecule has 0 fully saturated rings. The Morgan fingerprint density at radius 2 is 2.31 bits per heavy atom. The van der Waals surface area contributed by atoms with Gasteiger partial charge in [0.15, 0.2) is 5.89 Å². The summed E-state index contributed by atoms with van der Waals surface area (Å²) in [7, 11) is 1.64. The van der Waals surface area contributed by atoms with Gasteiger partial charge in [-0.25, -0.2) is 4.98 Å². The number of hydrogen-bond donors (Lipinski definition) is 1. The van der Waals surface area contributed by atoms with Crippen LogP contribution in [0.15, 0.2) is 34.9 Å². The van der Waals surface area contributed by atoms with Crippen LogP contribution in [-0.4, -0.2) is 18.6 Å². The highest BCUT2D eigenvalue weighted by Crippen LogP contribution is 2.23. The van der Waals surface area contributed by atoms with Crippen LogP contribution in [-0.2, 0) is 6.42 Å². The van der Waals surface area contributed by atoms with Gasteiger partial charge in [-0.2, -0.15) is 0 Å². The molecule has 0 aliphatic heterocycles. The minimum Gasteiger partial charge on any atom is -0.497 e. The molecule has 0 atom stereocenters. The van der Waals surface area contributed by atoms with Crippen molar-refractivity contribution >= 4 is 0 Å². The van der Waals surface area contributed by atoms with Crippen LogP contribution in [0.2, 0.25) is 0 Å². The van der Waals surface area contributed by atoms with E-state index in [0.29, 0.717) is 18.9 Å². The molecule has 4 nitrogen and oxygen atoms in total. The summed E-state index contributed by atoms with van der Waals surface area (Å²) in [5.74, 6) is 1.47. The topological polar surface area (TPSA) is 61.3 Å². The summed E-state index contributed by atoms with van der Waals surface area (Å²) in [4.78, 5) is 4.34. The van der Waals surface area contributed by atoms with Gasteiger partial charge in [0.25, 0.3) is 0 Å². The van der Waals surface area contributed by atoms with Gasteiger partial charge in [-0.1, -0.05) is 12.1 Å². The van der Waals surface area contributed by atoms with Crippen molar-refractivity contribution in [1.29, 1.82) is 0 Å². The molecule has 2 aromatic rings. The third-order valence-electron chi connectivity index (χ3n) is 2.28. The summed E-state index contributed by atoms with van der Waals surface area (Å²) in [5, 5.41) is 0. The van der Waals surface area contributed by atoms with Crippen molar-refractivity contribution in [2.24, 2.45) is 5.73 Å². The largest absolute Gasteiger partial charge is 0.497 e. The van der Waals surface area contributed by atoms with E-state index in [0.717, 1.165) is 17.0 Å². The van der Waals surface area contributed by atoms with Gasteiger partial charge in [-0.15, -0.1) is 0 Å². The number of oxazole rings is 1. The van der Waals surface area contributed by atoms with Gasteiger partial charge in [0.05, 0.1) is 7.11 Å². The van der Waals surface area contributed by atoms with Crippen molar-refractivity contribution in [3.63, 3.8) is 0 Å². The Morgan fingerprint density at radius 1 is 1.44 bits per heavy atom. The second-order valence-electron chi connectivity index (χ2n) is 3.40. The number of hydrogen-bond acceptors (Lipinski definition) is 4. The Hall–Kier alpha value is -1.81. The summed E-state index contributed by atoms with van der Waals surface area (Å²) >= 11 is 0. The molecular formula is C12H14N2O2. The van der Waals surface area contributed by atoms with E-state index in [1.54, 1.807) is 13.4 Å². The minimum atomic E-state index is 0.540. The fourth-order valence-electron chi connectivity index (χ4n) is 1.46. The summed E-state index contributed by atoms with van der Waals surface area (Å²) in [5.41, 5.74) is 7.22. The maximum absolute atomic E-state index is 5.43. The van der Waals surface area contributed by atoms with Crippen molar-refractivity contribution in [2.75, 3.05) is 13.7 Å². The lowest BCUT2D eigenvalue weighted by molar-refractivity contribution is 0.415. The first-order valence-electron chi connectivity index (χ1n) is 5.12. The molecule has 1 aromatic carbocycles. The van der Waals surface area contributed by atoms with Gasteiger partial charge in [0.2, 0.25) is 0 Å². The molecule has 0 amide bonds. The maximum Gasteiger partial charge on any atom is 0.195 e. The summed E-state index contributed by atoms with van der Waals surface area (Å²) < 4.78 is 10.5. The first-order valence-corrected chi connectivity index (χ1v) is 5.12. The Balaban J connectivity index is 2.27. The van der Waals surface area contributed by atoms with Crippen LogP contribution < -0.4 is 10.5 Å². The molecule has 0 unspecified atom stereocenters. The second kappa shape index (κ2) is 4.81. The molecular weight excluding hydrogens is 204 g/mol. The van der Waals surface area contributed by atoms with Crippen LogP contribution in [0.3, 0.4) is 0 Å². The van der Waals surface area contributed by atoms with Gasteiger partial charge in [0.1, 0.15) is 17.7 Å². The molecule has 4 heteroatoms. The van der Waals surface area contributed by atoms with Crippen molar-refractivity contribution in [2.45, 2.75) is 6.42 Å². The molecule has 1 aromatic heterocycles. The molecule has 0 saturated heterocycles. The standard InChI is InChI=1S/C12H14N2O2/c1-15-10-4-2-3-9(7-10)11-8-16-12(14-11)5-6-13/h2-4,7-8H,5-6,13H2,1H3. The van der Waals surface area contributed by atoms with Crippen LogP contribution in [0.4, 0.5) is 0 Å². The highest BCUT2D eigenvalue weighted by Gasteiger charge is 2.06. The average molecular weight is 218 g/mol. The molecule has 0 spiro atoms. The Labute approximate surface area is 94.1 Å². The summed E-state index contributed by atoms with van der Waals surface area (Å²) in [6, 6.07) is 7.70. The van der Waals surface area contributed by atoms with E-state index in [1.807, 2.05) is 24.3 Å². The number of aromatic nitrogens is 1. The molecule has 2 N–H and O–H groups in total. The van der Waals surface area contributed by atoms with Gasteiger partial charge in [-0.05, 0) is 12.1 Å². The van der Waals surface area contributed by atoms with Crippen LogP contribution in [0, 0.1) is 0 Å². The van der Waals surface area contributed by atoms with E-state index in [2.05, 4.69) is 4.98 Å². The first-order chi connectivity index (χ1) is 7.83. The molecule has 16 heavy (non-hydrogen) atoms. The average Bonchev–Trinajstić information content (AvgIpc) is 2.78. The molecule has 0 radical (unpaired) electrons. The fraction of sp³-hybridized carbons (Fsp3) is 0.250. The zero-order chi connectivity index (χ0) is 11.4. The zero-order valence-electron chi connectivity index (χ0n) is 9.14. The highest BCUT2D eigenvalue weighted by atomic mass is 16.5. The Morgan fingerprint density at radius 3 is 3.06 bits per heavy atom. The zero-order valence-corrected chi connectivity index (χ0v) is 9.14. The van der Waals surface area contributed by atoms with E-state index in [1.165, 1.54) is 0 Å². The molecule has 0 bridgehead atoms. The second-order valence-corrected chi connectivity index (χ2v) is 3.40. The SMILES string of the molecule is COc1cccc(-c2coc(CCN)n2)c1. The Bertz CT molecular complexity index is 466. The normalized spacial score (nSPS) is 10.4. The molecule has 0 aliphatic rings. The third kappa shape index (κ3) is 2.23. The lowest BCUT2D eigenvalue weighted by Crippen LogP contribution is -2.02.